The Kier molecular flexibility index (Phi) is 45.4. The number of phosphoric ester groups is 1. The number of quaternary nitrogens is 1. The SMILES string of the molecule is CC/C=C\C/C=C\C/C=C\C/C=C\CCCCC(=O)NC(COP(=O)(O)OCC[N+](C)(C)C)C(O)CCCCCCCCCCCCCCCCCCCCCCCCCCCCC. The number of likely N-dealkylation sites (N-methyl/N-ethyl adjacent to an activating group) is 1. The molecule has 3 atom stereocenters. The topological polar surface area (TPSA) is 105 Å². The molecule has 0 aromatic heterocycles. The Morgan fingerprint density at radius 1 is 0.547 bits per heavy atom. The van der Waals surface area contributed by atoms with Crippen LogP contribution < -0.4 is 5.32 Å². The first kappa shape index (κ1) is 62.5. The highest BCUT2D eigenvalue weighted by atomic mass is 31.2. The van der Waals surface area contributed by atoms with Crippen LogP contribution in [0, 0.1) is 0 Å². The van der Waals surface area contributed by atoms with Gasteiger partial charge in [0.05, 0.1) is 39.9 Å². The molecule has 3 unspecified atom stereocenters. The lowest BCUT2D eigenvalue weighted by Crippen LogP contribution is -2.46. The number of phosphoric acid groups is 1. The zero-order chi connectivity index (χ0) is 47.1. The van der Waals surface area contributed by atoms with Gasteiger partial charge in [0.1, 0.15) is 13.2 Å². The Bertz CT molecular complexity index is 1180. The molecule has 0 aliphatic heterocycles. The first-order valence-electron chi connectivity index (χ1n) is 27.0. The number of unbranched alkanes of at least 4 members (excludes halogenated alkanes) is 28. The van der Waals surface area contributed by atoms with E-state index in [1.54, 1.807) is 0 Å². The molecule has 0 fully saturated rings. The molecule has 1 amide bonds. The molecule has 0 aliphatic carbocycles. The van der Waals surface area contributed by atoms with Gasteiger partial charge in [-0.1, -0.05) is 236 Å². The number of hydrogen-bond donors (Lipinski definition) is 3. The van der Waals surface area contributed by atoms with Gasteiger partial charge in [0, 0.05) is 6.42 Å². The molecule has 0 aromatic rings. The predicted octanol–water partition coefficient (Wildman–Crippen LogP) is 16.0. The highest BCUT2D eigenvalue weighted by Gasteiger charge is 2.28. The summed E-state index contributed by atoms with van der Waals surface area (Å²) in [4.78, 5) is 23.2. The normalized spacial score (nSPS) is 14.4. The number of carbonyl (C=O) groups excluding carboxylic acids is 1. The third-order valence-electron chi connectivity index (χ3n) is 12.1. The fraction of sp³-hybridized carbons (Fsp3) is 0.836. The number of hydrogen-bond acceptors (Lipinski definition) is 5. The predicted molar refractivity (Wildman–Crippen MR) is 277 cm³/mol. The largest absolute Gasteiger partial charge is 0.472 e. The van der Waals surface area contributed by atoms with Crippen LogP contribution in [0.4, 0.5) is 0 Å². The maximum atomic E-state index is 12.9. The van der Waals surface area contributed by atoms with Crippen molar-refractivity contribution in [2.24, 2.45) is 0 Å². The van der Waals surface area contributed by atoms with Gasteiger partial charge in [0.2, 0.25) is 5.91 Å². The smallest absolute Gasteiger partial charge is 0.391 e. The summed E-state index contributed by atoms with van der Waals surface area (Å²) in [5.41, 5.74) is 0. The molecule has 8 nitrogen and oxygen atoms in total. The summed E-state index contributed by atoms with van der Waals surface area (Å²) in [5, 5.41) is 14.0. The Morgan fingerprint density at radius 3 is 1.34 bits per heavy atom. The number of nitrogens with zero attached hydrogens (tertiary/aromatic N) is 1. The lowest BCUT2D eigenvalue weighted by Gasteiger charge is -2.26. The molecule has 376 valence electrons. The van der Waals surface area contributed by atoms with E-state index in [1.165, 1.54) is 154 Å². The average Bonchev–Trinajstić information content (AvgIpc) is 3.25. The van der Waals surface area contributed by atoms with Crippen molar-refractivity contribution < 1.29 is 32.9 Å². The fourth-order valence-corrected chi connectivity index (χ4v) is 8.60. The number of carbonyl (C=O) groups is 1. The van der Waals surface area contributed by atoms with Crippen molar-refractivity contribution >= 4 is 13.7 Å². The highest BCUT2D eigenvalue weighted by molar-refractivity contribution is 7.47. The van der Waals surface area contributed by atoms with Crippen molar-refractivity contribution in [1.82, 2.24) is 5.32 Å². The van der Waals surface area contributed by atoms with E-state index in [0.717, 1.165) is 64.2 Å². The van der Waals surface area contributed by atoms with E-state index < -0.39 is 20.0 Å². The molecule has 0 rings (SSSR count). The fourth-order valence-electron chi connectivity index (χ4n) is 7.86. The molecule has 0 aliphatic rings. The third-order valence-corrected chi connectivity index (χ3v) is 13.1. The van der Waals surface area contributed by atoms with E-state index >= 15 is 0 Å². The minimum absolute atomic E-state index is 0.0652. The van der Waals surface area contributed by atoms with Crippen LogP contribution >= 0.6 is 7.82 Å². The molecule has 0 saturated carbocycles. The van der Waals surface area contributed by atoms with Crippen LogP contribution in [-0.2, 0) is 18.4 Å². The van der Waals surface area contributed by atoms with Crippen molar-refractivity contribution in [1.29, 1.82) is 0 Å². The van der Waals surface area contributed by atoms with Crippen molar-refractivity contribution in [3.63, 3.8) is 0 Å². The van der Waals surface area contributed by atoms with Gasteiger partial charge >= 0.3 is 7.82 Å². The molecular formula is C55H106N2O6P+. The van der Waals surface area contributed by atoms with E-state index in [4.69, 9.17) is 9.05 Å². The second-order valence-corrected chi connectivity index (χ2v) is 21.0. The van der Waals surface area contributed by atoms with Gasteiger partial charge in [-0.15, -0.1) is 0 Å². The first-order chi connectivity index (χ1) is 31.0. The van der Waals surface area contributed by atoms with Crippen LogP contribution in [0.2, 0.25) is 0 Å². The van der Waals surface area contributed by atoms with Crippen LogP contribution in [0.5, 0.6) is 0 Å². The third kappa shape index (κ3) is 48.4. The summed E-state index contributed by atoms with van der Waals surface area (Å²) in [7, 11) is 1.59. The molecular weight excluding hydrogens is 816 g/mol. The lowest BCUT2D eigenvalue weighted by molar-refractivity contribution is -0.870. The molecule has 3 N–H and O–H groups in total. The van der Waals surface area contributed by atoms with Gasteiger partial charge < -0.3 is 19.8 Å². The summed E-state index contributed by atoms with van der Waals surface area (Å²) in [6.07, 6.45) is 60.3. The average molecular weight is 922 g/mol. The molecule has 0 radical (unpaired) electrons. The zero-order valence-electron chi connectivity index (χ0n) is 42.8. The molecule has 64 heavy (non-hydrogen) atoms. The zero-order valence-corrected chi connectivity index (χ0v) is 43.7. The van der Waals surface area contributed by atoms with Crippen LogP contribution in [0.1, 0.15) is 245 Å². The minimum Gasteiger partial charge on any atom is -0.391 e. The van der Waals surface area contributed by atoms with E-state index in [2.05, 4.69) is 67.8 Å². The first-order valence-corrected chi connectivity index (χ1v) is 28.5. The minimum atomic E-state index is -4.33. The van der Waals surface area contributed by atoms with Crippen molar-refractivity contribution in [2.45, 2.75) is 257 Å². The van der Waals surface area contributed by atoms with Crippen LogP contribution in [0.15, 0.2) is 48.6 Å². The Hall–Kier alpha value is -1.54. The Morgan fingerprint density at radius 2 is 0.938 bits per heavy atom. The van der Waals surface area contributed by atoms with Gasteiger partial charge in [-0.3, -0.25) is 13.8 Å². The van der Waals surface area contributed by atoms with Crippen LogP contribution in [0.25, 0.3) is 0 Å². The van der Waals surface area contributed by atoms with E-state index in [1.807, 2.05) is 21.1 Å². The summed E-state index contributed by atoms with van der Waals surface area (Å²) >= 11 is 0. The number of allylic oxidation sites excluding steroid dienone is 8. The van der Waals surface area contributed by atoms with Gasteiger partial charge in [0.15, 0.2) is 0 Å². The molecule has 0 spiro atoms. The molecule has 0 heterocycles. The summed E-state index contributed by atoms with van der Waals surface area (Å²) in [6, 6.07) is -0.784. The summed E-state index contributed by atoms with van der Waals surface area (Å²) in [6.45, 7) is 4.76. The van der Waals surface area contributed by atoms with Crippen molar-refractivity contribution in [3.05, 3.63) is 48.6 Å². The van der Waals surface area contributed by atoms with Gasteiger partial charge in [-0.2, -0.15) is 0 Å². The maximum absolute atomic E-state index is 12.9. The second-order valence-electron chi connectivity index (χ2n) is 19.6. The number of aliphatic hydroxyl groups excluding tert-OH is 1. The van der Waals surface area contributed by atoms with Gasteiger partial charge in [-0.05, 0) is 51.4 Å². The van der Waals surface area contributed by atoms with Crippen LogP contribution in [0.3, 0.4) is 0 Å². The number of rotatable bonds is 49. The monoisotopic (exact) mass is 922 g/mol. The second kappa shape index (κ2) is 46.6. The number of amides is 1. The molecule has 0 aromatic carbocycles. The van der Waals surface area contributed by atoms with E-state index in [-0.39, 0.29) is 19.1 Å². The Labute approximate surface area is 397 Å². The van der Waals surface area contributed by atoms with Gasteiger partial charge in [0.25, 0.3) is 0 Å². The molecule has 0 bridgehead atoms. The summed E-state index contributed by atoms with van der Waals surface area (Å²) < 4.78 is 23.7. The quantitative estimate of drug-likeness (QED) is 0.0243. The molecule has 9 heteroatoms. The van der Waals surface area contributed by atoms with Crippen LogP contribution in [-0.4, -0.2) is 73.4 Å². The maximum Gasteiger partial charge on any atom is 0.472 e. The van der Waals surface area contributed by atoms with E-state index in [9.17, 15) is 19.4 Å². The Balaban J connectivity index is 4.17. The summed E-state index contributed by atoms with van der Waals surface area (Å²) in [5.74, 6) is -0.184. The molecule has 0 saturated heterocycles. The standard InChI is InChI=1S/C55H105N2O6P/c1-6-8-10-12-14-16-18-20-22-23-24-25-26-27-28-29-30-31-32-33-35-36-38-40-42-44-46-48-54(58)53(52-63-64(60,61)62-51-50-57(3,4)5)56-55(59)49-47-45-43-41-39-37-34-21-19-17-15-13-11-9-7-2/h9,11,15,17,21,34,39,41,53-54,58H,6-8,10,12-14,16,18-20,22-33,35-38,40,42-52H2,1-5H3,(H-,56,59,60,61)/p+1/b11-9-,17-15-,34-21-,41-39-. The van der Waals surface area contributed by atoms with Crippen molar-refractivity contribution in [2.75, 3.05) is 40.9 Å². The van der Waals surface area contributed by atoms with E-state index in [0.29, 0.717) is 23.9 Å². The lowest BCUT2D eigenvalue weighted by atomic mass is 10.0. The number of aliphatic hydroxyl groups is 1. The van der Waals surface area contributed by atoms with Gasteiger partial charge in [-0.25, -0.2) is 4.57 Å². The van der Waals surface area contributed by atoms with Crippen molar-refractivity contribution in [3.8, 4) is 0 Å². The highest BCUT2D eigenvalue weighted by Crippen LogP contribution is 2.43. The number of nitrogens with one attached hydrogen (secondary N) is 1.